The van der Waals surface area contributed by atoms with Gasteiger partial charge in [-0.25, -0.2) is 9.97 Å². The van der Waals surface area contributed by atoms with Crippen LogP contribution in [0.25, 0.3) is 11.4 Å². The van der Waals surface area contributed by atoms with Gasteiger partial charge in [0.1, 0.15) is 5.82 Å². The number of H-pyrrole nitrogens is 1. The van der Waals surface area contributed by atoms with Crippen LogP contribution in [-0.2, 0) is 26.1 Å². The third-order valence-corrected chi connectivity index (χ3v) is 5.71. The van der Waals surface area contributed by atoms with E-state index in [9.17, 15) is 4.79 Å². The van der Waals surface area contributed by atoms with Crippen LogP contribution in [0.15, 0.2) is 71.9 Å². The largest absolute Gasteiger partial charge is 0.399 e. The van der Waals surface area contributed by atoms with Gasteiger partial charge in [-0.1, -0.05) is 30.3 Å². The Morgan fingerprint density at radius 1 is 1.03 bits per heavy atom. The van der Waals surface area contributed by atoms with Gasteiger partial charge in [0.15, 0.2) is 0 Å². The second-order valence-corrected chi connectivity index (χ2v) is 7.92. The predicted octanol–water partition coefficient (Wildman–Crippen LogP) is 2.82. The number of nitrogens with zero attached hydrogens (tertiary/aromatic N) is 4. The van der Waals surface area contributed by atoms with Crippen molar-refractivity contribution in [2.75, 3.05) is 12.3 Å². The van der Waals surface area contributed by atoms with Crippen LogP contribution in [0.1, 0.15) is 22.5 Å². The van der Waals surface area contributed by atoms with Crippen molar-refractivity contribution in [1.29, 1.82) is 0 Å². The number of aromatic amines is 1. The molecule has 3 heterocycles. The molecule has 156 valence electrons. The highest BCUT2D eigenvalue weighted by atomic mass is 16.1. The molecule has 0 saturated heterocycles. The lowest BCUT2D eigenvalue weighted by Gasteiger charge is -2.28. The van der Waals surface area contributed by atoms with E-state index >= 15 is 0 Å². The second kappa shape index (κ2) is 8.20. The van der Waals surface area contributed by atoms with Crippen LogP contribution in [0.4, 0.5) is 5.69 Å². The summed E-state index contributed by atoms with van der Waals surface area (Å²) in [6, 6.07) is 17.7. The van der Waals surface area contributed by atoms with Crippen LogP contribution < -0.4 is 11.3 Å². The van der Waals surface area contributed by atoms with E-state index in [-0.39, 0.29) is 5.56 Å². The number of hydrogen-bond donors (Lipinski definition) is 2. The SMILES string of the molecule is Nc1ccc(-c2nc3c(c(=O)[nH]2)CN(Cc2cncn2Cc2ccccc2)CC3)cc1. The fourth-order valence-electron chi connectivity index (χ4n) is 4.03. The average molecular weight is 412 g/mol. The molecule has 3 N–H and O–H groups in total. The number of fused-ring (bicyclic) bond motifs is 1. The first-order chi connectivity index (χ1) is 15.2. The van der Waals surface area contributed by atoms with Gasteiger partial charge in [-0.05, 0) is 29.8 Å². The molecule has 1 aliphatic heterocycles. The van der Waals surface area contributed by atoms with E-state index in [0.717, 1.165) is 48.6 Å². The smallest absolute Gasteiger partial charge is 0.255 e. The lowest BCUT2D eigenvalue weighted by molar-refractivity contribution is 0.236. The molecule has 2 aromatic heterocycles. The van der Waals surface area contributed by atoms with Crippen molar-refractivity contribution in [3.05, 3.63) is 100.0 Å². The van der Waals surface area contributed by atoms with E-state index < -0.39 is 0 Å². The quantitative estimate of drug-likeness (QED) is 0.492. The van der Waals surface area contributed by atoms with Crippen molar-refractivity contribution in [2.45, 2.75) is 26.1 Å². The summed E-state index contributed by atoms with van der Waals surface area (Å²) < 4.78 is 2.16. The van der Waals surface area contributed by atoms with Crippen molar-refractivity contribution in [2.24, 2.45) is 0 Å². The standard InChI is InChI=1S/C24H24N6O/c25-19-8-6-18(7-9-19)23-27-22-10-11-29(15-21(22)24(31)28-23)14-20-12-26-16-30(20)13-17-4-2-1-3-5-17/h1-9,12,16H,10-11,13-15,25H2,(H,27,28,31). The zero-order valence-corrected chi connectivity index (χ0v) is 17.2. The van der Waals surface area contributed by atoms with Crippen molar-refractivity contribution in [3.63, 3.8) is 0 Å². The lowest BCUT2D eigenvalue weighted by atomic mass is 10.1. The third-order valence-electron chi connectivity index (χ3n) is 5.71. The summed E-state index contributed by atoms with van der Waals surface area (Å²) >= 11 is 0. The van der Waals surface area contributed by atoms with Crippen molar-refractivity contribution in [3.8, 4) is 11.4 Å². The molecule has 7 heteroatoms. The van der Waals surface area contributed by atoms with E-state index in [1.165, 1.54) is 5.56 Å². The molecule has 0 aliphatic carbocycles. The molecule has 0 spiro atoms. The Balaban J connectivity index is 1.33. The Morgan fingerprint density at radius 3 is 2.65 bits per heavy atom. The normalized spacial score (nSPS) is 13.8. The second-order valence-electron chi connectivity index (χ2n) is 7.92. The number of aromatic nitrogens is 4. The summed E-state index contributed by atoms with van der Waals surface area (Å²) in [7, 11) is 0. The molecule has 0 bridgehead atoms. The summed E-state index contributed by atoms with van der Waals surface area (Å²) in [6.07, 6.45) is 4.52. The monoisotopic (exact) mass is 412 g/mol. The summed E-state index contributed by atoms with van der Waals surface area (Å²) in [4.78, 5) is 27.1. The highest BCUT2D eigenvalue weighted by molar-refractivity contribution is 5.58. The lowest BCUT2D eigenvalue weighted by Crippen LogP contribution is -2.36. The van der Waals surface area contributed by atoms with Gasteiger partial charge in [0.2, 0.25) is 0 Å². The Hall–Kier alpha value is -3.71. The average Bonchev–Trinajstić information content (AvgIpc) is 3.21. The predicted molar refractivity (Wildman–Crippen MR) is 120 cm³/mol. The number of nitrogens with one attached hydrogen (secondary N) is 1. The minimum absolute atomic E-state index is 0.0701. The molecule has 0 saturated carbocycles. The van der Waals surface area contributed by atoms with Gasteiger partial charge in [0.05, 0.1) is 23.3 Å². The Morgan fingerprint density at radius 2 is 1.84 bits per heavy atom. The van der Waals surface area contributed by atoms with Gasteiger partial charge in [-0.3, -0.25) is 9.69 Å². The topological polar surface area (TPSA) is 92.8 Å². The van der Waals surface area contributed by atoms with Gasteiger partial charge >= 0.3 is 0 Å². The molecule has 0 amide bonds. The van der Waals surface area contributed by atoms with E-state index in [1.54, 1.807) is 0 Å². The van der Waals surface area contributed by atoms with E-state index in [4.69, 9.17) is 10.7 Å². The molecule has 31 heavy (non-hydrogen) atoms. The number of imidazole rings is 1. The molecular formula is C24H24N6O. The Labute approximate surface area is 180 Å². The first-order valence-corrected chi connectivity index (χ1v) is 10.4. The summed E-state index contributed by atoms with van der Waals surface area (Å²) in [5.41, 5.74) is 11.2. The van der Waals surface area contributed by atoms with Crippen LogP contribution in [-0.4, -0.2) is 31.0 Å². The number of anilines is 1. The summed E-state index contributed by atoms with van der Waals surface area (Å²) in [5.74, 6) is 0.595. The minimum Gasteiger partial charge on any atom is -0.399 e. The number of nitrogens with two attached hydrogens (primary N) is 1. The highest BCUT2D eigenvalue weighted by Gasteiger charge is 2.22. The van der Waals surface area contributed by atoms with E-state index in [0.29, 0.717) is 18.1 Å². The molecular weight excluding hydrogens is 388 g/mol. The molecule has 0 fully saturated rings. The van der Waals surface area contributed by atoms with Gasteiger partial charge in [-0.2, -0.15) is 0 Å². The molecule has 4 aromatic rings. The molecule has 0 radical (unpaired) electrons. The molecule has 2 aromatic carbocycles. The molecule has 0 atom stereocenters. The maximum Gasteiger partial charge on any atom is 0.255 e. The zero-order valence-electron chi connectivity index (χ0n) is 17.2. The van der Waals surface area contributed by atoms with Gasteiger partial charge in [0.25, 0.3) is 5.56 Å². The van der Waals surface area contributed by atoms with E-state index in [2.05, 4.69) is 31.6 Å². The first kappa shape index (κ1) is 19.3. The summed E-state index contributed by atoms with van der Waals surface area (Å²) in [6.45, 7) is 2.95. The molecule has 0 unspecified atom stereocenters. The molecule has 7 nitrogen and oxygen atoms in total. The minimum atomic E-state index is -0.0701. The zero-order chi connectivity index (χ0) is 21.2. The number of benzene rings is 2. The maximum absolute atomic E-state index is 12.8. The van der Waals surface area contributed by atoms with Crippen molar-refractivity contribution in [1.82, 2.24) is 24.4 Å². The number of rotatable bonds is 5. The first-order valence-electron chi connectivity index (χ1n) is 10.4. The Kier molecular flexibility index (Phi) is 5.09. The van der Waals surface area contributed by atoms with Crippen molar-refractivity contribution >= 4 is 5.69 Å². The molecule has 1 aliphatic rings. The van der Waals surface area contributed by atoms with Gasteiger partial charge in [0, 0.05) is 50.0 Å². The van der Waals surface area contributed by atoms with Crippen LogP contribution in [0.3, 0.4) is 0 Å². The van der Waals surface area contributed by atoms with Gasteiger partial charge in [-0.15, -0.1) is 0 Å². The fraction of sp³-hybridized carbons (Fsp3) is 0.208. The molecule has 5 rings (SSSR count). The maximum atomic E-state index is 12.8. The van der Waals surface area contributed by atoms with Gasteiger partial charge < -0.3 is 15.3 Å². The third kappa shape index (κ3) is 4.13. The van der Waals surface area contributed by atoms with Crippen LogP contribution in [0.5, 0.6) is 0 Å². The number of nitrogen functional groups attached to an aromatic ring is 1. The number of hydrogen-bond acceptors (Lipinski definition) is 5. The van der Waals surface area contributed by atoms with Crippen LogP contribution >= 0.6 is 0 Å². The van der Waals surface area contributed by atoms with E-state index in [1.807, 2.05) is 55.0 Å². The van der Waals surface area contributed by atoms with Crippen molar-refractivity contribution < 1.29 is 0 Å². The highest BCUT2D eigenvalue weighted by Crippen LogP contribution is 2.21. The fourth-order valence-corrected chi connectivity index (χ4v) is 4.03. The van der Waals surface area contributed by atoms with Crippen LogP contribution in [0.2, 0.25) is 0 Å². The summed E-state index contributed by atoms with van der Waals surface area (Å²) in [5, 5.41) is 0. The van der Waals surface area contributed by atoms with Crippen LogP contribution in [0, 0.1) is 0 Å². The Bertz CT molecular complexity index is 1240.